The van der Waals surface area contributed by atoms with E-state index in [0.717, 1.165) is 30.3 Å². The quantitative estimate of drug-likeness (QED) is 0.860. The van der Waals surface area contributed by atoms with Gasteiger partial charge in [0.1, 0.15) is 5.82 Å². The van der Waals surface area contributed by atoms with E-state index in [1.165, 1.54) is 12.1 Å². The summed E-state index contributed by atoms with van der Waals surface area (Å²) in [6, 6.07) is 5.96. The minimum absolute atomic E-state index is 0.0634. The van der Waals surface area contributed by atoms with Crippen LogP contribution in [0, 0.1) is 24.6 Å². The Bertz CT molecular complexity index is 777. The van der Waals surface area contributed by atoms with Gasteiger partial charge in [-0.2, -0.15) is 0 Å². The Morgan fingerprint density at radius 2 is 2.39 bits per heavy atom. The standard InChI is InChI=1S/C17H16FN3OS/c1-12-11-23-17(19-12)21-8-7-15(10-21)20-16(22)6-5-13-3-2-4-14(18)9-13/h2-4,9,11,15H,7-8,10H2,1H3,(H,20,22). The summed E-state index contributed by atoms with van der Waals surface area (Å²) >= 11 is 1.62. The highest BCUT2D eigenvalue weighted by Gasteiger charge is 2.25. The number of hydrogen-bond donors (Lipinski definition) is 1. The van der Waals surface area contributed by atoms with Crippen molar-refractivity contribution in [3.63, 3.8) is 0 Å². The van der Waals surface area contributed by atoms with Crippen molar-refractivity contribution >= 4 is 22.4 Å². The molecule has 2 aromatic rings. The summed E-state index contributed by atoms with van der Waals surface area (Å²) < 4.78 is 13.0. The summed E-state index contributed by atoms with van der Waals surface area (Å²) in [5.41, 5.74) is 1.50. The van der Waals surface area contributed by atoms with Gasteiger partial charge in [0.25, 0.3) is 5.91 Å². The van der Waals surface area contributed by atoms with E-state index < -0.39 is 0 Å². The molecule has 1 aliphatic rings. The maximum atomic E-state index is 13.0. The first-order chi connectivity index (χ1) is 11.1. The van der Waals surface area contributed by atoms with Crippen molar-refractivity contribution in [1.82, 2.24) is 10.3 Å². The predicted molar refractivity (Wildman–Crippen MR) is 88.9 cm³/mol. The Labute approximate surface area is 138 Å². The summed E-state index contributed by atoms with van der Waals surface area (Å²) in [6.45, 7) is 3.58. The molecule has 23 heavy (non-hydrogen) atoms. The molecule has 1 amide bonds. The number of carbonyl (C=O) groups is 1. The Kier molecular flexibility index (Phi) is 4.58. The number of nitrogens with zero attached hydrogens (tertiary/aromatic N) is 2. The highest BCUT2D eigenvalue weighted by Crippen LogP contribution is 2.24. The van der Waals surface area contributed by atoms with Gasteiger partial charge in [0.15, 0.2) is 5.13 Å². The smallest absolute Gasteiger partial charge is 0.296 e. The lowest BCUT2D eigenvalue weighted by molar-refractivity contribution is -0.116. The third-order valence-electron chi connectivity index (χ3n) is 3.55. The van der Waals surface area contributed by atoms with Crippen molar-refractivity contribution in [2.75, 3.05) is 18.0 Å². The van der Waals surface area contributed by atoms with Crippen molar-refractivity contribution in [3.8, 4) is 11.8 Å². The Balaban J connectivity index is 1.55. The van der Waals surface area contributed by atoms with Crippen LogP contribution in [0.3, 0.4) is 0 Å². The number of rotatable bonds is 2. The van der Waals surface area contributed by atoms with E-state index in [-0.39, 0.29) is 17.8 Å². The van der Waals surface area contributed by atoms with Crippen molar-refractivity contribution in [1.29, 1.82) is 0 Å². The highest BCUT2D eigenvalue weighted by atomic mass is 32.1. The maximum absolute atomic E-state index is 13.0. The molecule has 0 saturated carbocycles. The summed E-state index contributed by atoms with van der Waals surface area (Å²) in [4.78, 5) is 18.5. The summed E-state index contributed by atoms with van der Waals surface area (Å²) in [5.74, 6) is 4.50. The minimum Gasteiger partial charge on any atom is -0.346 e. The van der Waals surface area contributed by atoms with Gasteiger partial charge in [0.2, 0.25) is 0 Å². The van der Waals surface area contributed by atoms with Crippen LogP contribution in [0.2, 0.25) is 0 Å². The third kappa shape index (κ3) is 4.08. The molecule has 1 aromatic heterocycles. The molecular formula is C17H16FN3OS. The average Bonchev–Trinajstić information content (AvgIpc) is 3.14. The van der Waals surface area contributed by atoms with E-state index in [1.807, 2.05) is 12.3 Å². The molecular weight excluding hydrogens is 313 g/mol. The maximum Gasteiger partial charge on any atom is 0.296 e. The highest BCUT2D eigenvalue weighted by molar-refractivity contribution is 7.13. The van der Waals surface area contributed by atoms with Crippen LogP contribution in [-0.2, 0) is 4.79 Å². The molecule has 1 atom stereocenters. The number of aryl methyl sites for hydroxylation is 1. The number of nitrogens with one attached hydrogen (secondary N) is 1. The zero-order valence-electron chi connectivity index (χ0n) is 12.7. The lowest BCUT2D eigenvalue weighted by atomic mass is 10.2. The largest absolute Gasteiger partial charge is 0.346 e. The van der Waals surface area contributed by atoms with E-state index >= 15 is 0 Å². The van der Waals surface area contributed by atoms with Crippen LogP contribution < -0.4 is 10.2 Å². The van der Waals surface area contributed by atoms with Crippen LogP contribution in [0.25, 0.3) is 0 Å². The van der Waals surface area contributed by atoms with Crippen LogP contribution in [0.5, 0.6) is 0 Å². The van der Waals surface area contributed by atoms with Crippen LogP contribution in [0.4, 0.5) is 9.52 Å². The number of anilines is 1. The first-order valence-corrected chi connectivity index (χ1v) is 8.23. The van der Waals surface area contributed by atoms with Gasteiger partial charge < -0.3 is 10.2 Å². The summed E-state index contributed by atoms with van der Waals surface area (Å²) in [6.07, 6.45) is 0.867. The Morgan fingerprint density at radius 1 is 1.52 bits per heavy atom. The number of amides is 1. The molecule has 3 rings (SSSR count). The van der Waals surface area contributed by atoms with Crippen LogP contribution in [0.15, 0.2) is 29.6 Å². The fourth-order valence-corrected chi connectivity index (χ4v) is 3.30. The zero-order valence-corrected chi connectivity index (χ0v) is 13.5. The molecule has 1 N–H and O–H groups in total. The molecule has 0 radical (unpaired) electrons. The minimum atomic E-state index is -0.359. The van der Waals surface area contributed by atoms with E-state index in [9.17, 15) is 9.18 Å². The van der Waals surface area contributed by atoms with E-state index in [2.05, 4.69) is 27.0 Å². The monoisotopic (exact) mass is 329 g/mol. The number of benzene rings is 1. The molecule has 1 saturated heterocycles. The number of aromatic nitrogens is 1. The topological polar surface area (TPSA) is 45.2 Å². The molecule has 6 heteroatoms. The normalized spacial score (nSPS) is 16.8. The van der Waals surface area contributed by atoms with Gasteiger partial charge in [-0.1, -0.05) is 12.0 Å². The van der Waals surface area contributed by atoms with Gasteiger partial charge in [-0.25, -0.2) is 9.37 Å². The SMILES string of the molecule is Cc1csc(N2CCC(NC(=O)C#Cc3cccc(F)c3)C2)n1. The molecule has 0 spiro atoms. The van der Waals surface area contributed by atoms with Gasteiger partial charge in [-0.05, 0) is 31.5 Å². The van der Waals surface area contributed by atoms with Gasteiger partial charge in [0.05, 0.1) is 5.69 Å². The molecule has 1 unspecified atom stereocenters. The molecule has 4 nitrogen and oxygen atoms in total. The number of thiazole rings is 1. The Hall–Kier alpha value is -2.39. The number of hydrogen-bond acceptors (Lipinski definition) is 4. The molecule has 1 aromatic carbocycles. The van der Waals surface area contributed by atoms with Gasteiger partial charge in [-0.3, -0.25) is 4.79 Å². The van der Waals surface area contributed by atoms with Crippen molar-refractivity contribution in [2.24, 2.45) is 0 Å². The van der Waals surface area contributed by atoms with Crippen LogP contribution in [0.1, 0.15) is 17.7 Å². The van der Waals surface area contributed by atoms with E-state index in [1.54, 1.807) is 23.5 Å². The number of halogens is 1. The van der Waals surface area contributed by atoms with Gasteiger partial charge in [-0.15, -0.1) is 11.3 Å². The second kappa shape index (κ2) is 6.80. The fourth-order valence-electron chi connectivity index (χ4n) is 2.46. The molecule has 118 valence electrons. The van der Waals surface area contributed by atoms with Crippen LogP contribution >= 0.6 is 11.3 Å². The lowest BCUT2D eigenvalue weighted by Gasteiger charge is -2.14. The zero-order chi connectivity index (χ0) is 16.2. The second-order valence-electron chi connectivity index (χ2n) is 5.44. The first kappa shape index (κ1) is 15.5. The van der Waals surface area contributed by atoms with Gasteiger partial charge in [0, 0.05) is 36.0 Å². The van der Waals surface area contributed by atoms with Crippen molar-refractivity contribution in [2.45, 2.75) is 19.4 Å². The summed E-state index contributed by atoms with van der Waals surface area (Å²) in [5, 5.41) is 5.91. The fraction of sp³-hybridized carbons (Fsp3) is 0.294. The third-order valence-corrected chi connectivity index (χ3v) is 4.57. The van der Waals surface area contributed by atoms with Crippen molar-refractivity contribution < 1.29 is 9.18 Å². The first-order valence-electron chi connectivity index (χ1n) is 7.35. The molecule has 2 heterocycles. The number of carbonyl (C=O) groups excluding carboxylic acids is 1. The molecule has 1 aliphatic heterocycles. The van der Waals surface area contributed by atoms with Crippen molar-refractivity contribution in [3.05, 3.63) is 46.7 Å². The Morgan fingerprint density at radius 3 is 3.13 bits per heavy atom. The molecule has 0 bridgehead atoms. The lowest BCUT2D eigenvalue weighted by Crippen LogP contribution is -2.36. The average molecular weight is 329 g/mol. The second-order valence-corrected chi connectivity index (χ2v) is 6.27. The molecule has 1 fully saturated rings. The summed E-state index contributed by atoms with van der Waals surface area (Å²) in [7, 11) is 0. The molecule has 0 aliphatic carbocycles. The van der Waals surface area contributed by atoms with Gasteiger partial charge >= 0.3 is 0 Å². The van der Waals surface area contributed by atoms with Crippen LogP contribution in [-0.4, -0.2) is 30.0 Å². The van der Waals surface area contributed by atoms with E-state index in [4.69, 9.17) is 0 Å². The van der Waals surface area contributed by atoms with E-state index in [0.29, 0.717) is 5.56 Å². The predicted octanol–water partition coefficient (Wildman–Crippen LogP) is 2.34.